The second-order valence-corrected chi connectivity index (χ2v) is 5.67. The molecule has 7 heteroatoms. The minimum absolute atomic E-state index is 0.0125. The van der Waals surface area contributed by atoms with Gasteiger partial charge in [0, 0.05) is 38.3 Å². The van der Waals surface area contributed by atoms with E-state index < -0.39 is 4.92 Å². The molecule has 1 N–H and O–H groups in total. The fourth-order valence-electron chi connectivity index (χ4n) is 2.73. The number of piperazine rings is 1. The maximum Gasteiger partial charge on any atom is 0.292 e. The predicted octanol–water partition coefficient (Wildman–Crippen LogP) is 1.24. The van der Waals surface area contributed by atoms with Crippen LogP contribution in [-0.4, -0.2) is 54.5 Å². The smallest absolute Gasteiger partial charge is 0.292 e. The molecule has 1 aliphatic rings. The van der Waals surface area contributed by atoms with Crippen LogP contribution in [0.3, 0.4) is 0 Å². The Labute approximate surface area is 130 Å². The van der Waals surface area contributed by atoms with Crippen molar-refractivity contribution in [3.8, 4) is 0 Å². The maximum absolute atomic E-state index is 12.5. The monoisotopic (exact) mass is 306 g/mol. The van der Waals surface area contributed by atoms with Crippen molar-refractivity contribution >= 4 is 17.3 Å². The summed E-state index contributed by atoms with van der Waals surface area (Å²) in [7, 11) is 1.70. The summed E-state index contributed by atoms with van der Waals surface area (Å²) in [5.74, 6) is -0.0125. The first-order valence-corrected chi connectivity index (χ1v) is 7.39. The van der Waals surface area contributed by atoms with Crippen LogP contribution in [0.1, 0.15) is 13.8 Å². The van der Waals surface area contributed by atoms with E-state index in [4.69, 9.17) is 0 Å². The average Bonchev–Trinajstić information content (AvgIpc) is 2.49. The maximum atomic E-state index is 12.5. The lowest BCUT2D eigenvalue weighted by Gasteiger charge is -2.39. The number of rotatable bonds is 4. The Morgan fingerprint density at radius 2 is 2.14 bits per heavy atom. The Balaban J connectivity index is 2.10. The topological polar surface area (TPSA) is 78.7 Å². The molecule has 1 amide bonds. The Hall–Kier alpha value is -2.15. The van der Waals surface area contributed by atoms with Crippen LogP contribution in [0.5, 0.6) is 0 Å². The normalized spacial score (nSPS) is 21.5. The van der Waals surface area contributed by atoms with E-state index >= 15 is 0 Å². The van der Waals surface area contributed by atoms with Gasteiger partial charge in [-0.2, -0.15) is 0 Å². The zero-order valence-electron chi connectivity index (χ0n) is 13.2. The molecular formula is C15H22N4O3. The third kappa shape index (κ3) is 3.36. The molecule has 1 fully saturated rings. The van der Waals surface area contributed by atoms with Crippen molar-refractivity contribution in [1.82, 2.24) is 10.2 Å². The first kappa shape index (κ1) is 16.2. The van der Waals surface area contributed by atoms with E-state index in [2.05, 4.69) is 12.2 Å². The Morgan fingerprint density at radius 3 is 2.82 bits per heavy atom. The van der Waals surface area contributed by atoms with Crippen LogP contribution in [0.15, 0.2) is 24.3 Å². The van der Waals surface area contributed by atoms with Crippen molar-refractivity contribution in [2.45, 2.75) is 25.9 Å². The molecular weight excluding hydrogens is 284 g/mol. The largest absolute Gasteiger partial charge is 0.360 e. The van der Waals surface area contributed by atoms with Crippen molar-refractivity contribution in [1.29, 1.82) is 0 Å². The van der Waals surface area contributed by atoms with E-state index in [1.165, 1.54) is 6.07 Å². The number of carbonyl (C=O) groups is 1. The molecule has 120 valence electrons. The summed E-state index contributed by atoms with van der Waals surface area (Å²) in [6.45, 7) is 5.62. The second kappa shape index (κ2) is 6.74. The van der Waals surface area contributed by atoms with Gasteiger partial charge in [0.05, 0.1) is 11.5 Å². The third-order valence-corrected chi connectivity index (χ3v) is 4.22. The summed E-state index contributed by atoms with van der Waals surface area (Å²) in [5.41, 5.74) is 0.469. The summed E-state index contributed by atoms with van der Waals surface area (Å²) in [5, 5.41) is 14.4. The summed E-state index contributed by atoms with van der Waals surface area (Å²) in [6, 6.07) is 6.83. The van der Waals surface area contributed by atoms with Crippen LogP contribution in [-0.2, 0) is 4.79 Å². The number of carbonyl (C=O) groups excluding carboxylic acids is 1. The number of anilines is 1. The van der Waals surface area contributed by atoms with Crippen molar-refractivity contribution in [2.24, 2.45) is 0 Å². The van der Waals surface area contributed by atoms with Crippen molar-refractivity contribution in [2.75, 3.05) is 31.6 Å². The average molecular weight is 306 g/mol. The lowest BCUT2D eigenvalue weighted by molar-refractivity contribution is -0.384. The molecule has 1 heterocycles. The molecule has 1 aromatic carbocycles. The number of benzene rings is 1. The number of para-hydroxylation sites is 2. The minimum Gasteiger partial charge on any atom is -0.360 e. The fourth-order valence-corrected chi connectivity index (χ4v) is 2.73. The minimum atomic E-state index is -0.425. The van der Waals surface area contributed by atoms with Crippen LogP contribution in [0.2, 0.25) is 0 Å². The second-order valence-electron chi connectivity index (χ2n) is 5.67. The molecule has 2 rings (SSSR count). The van der Waals surface area contributed by atoms with Crippen molar-refractivity contribution < 1.29 is 9.72 Å². The van der Waals surface area contributed by atoms with Gasteiger partial charge in [-0.3, -0.25) is 14.9 Å². The van der Waals surface area contributed by atoms with Crippen molar-refractivity contribution in [3.63, 3.8) is 0 Å². The van der Waals surface area contributed by atoms with Gasteiger partial charge in [-0.25, -0.2) is 0 Å². The molecule has 1 aliphatic heterocycles. The number of likely N-dealkylation sites (N-methyl/N-ethyl adjacent to an activating group) is 1. The van der Waals surface area contributed by atoms with E-state index in [-0.39, 0.29) is 30.2 Å². The van der Waals surface area contributed by atoms with E-state index in [0.29, 0.717) is 12.2 Å². The molecule has 0 bridgehead atoms. The molecule has 7 nitrogen and oxygen atoms in total. The molecule has 2 unspecified atom stereocenters. The number of hydrogen-bond donors (Lipinski definition) is 1. The van der Waals surface area contributed by atoms with E-state index in [1.807, 2.05) is 11.8 Å². The first-order valence-electron chi connectivity index (χ1n) is 7.39. The van der Waals surface area contributed by atoms with Gasteiger partial charge in [0.25, 0.3) is 5.69 Å². The van der Waals surface area contributed by atoms with E-state index in [0.717, 1.165) is 6.54 Å². The Kier molecular flexibility index (Phi) is 4.97. The predicted molar refractivity (Wildman–Crippen MR) is 85.0 cm³/mol. The summed E-state index contributed by atoms with van der Waals surface area (Å²) >= 11 is 0. The Bertz CT molecular complexity index is 563. The molecule has 22 heavy (non-hydrogen) atoms. The van der Waals surface area contributed by atoms with Gasteiger partial charge < -0.3 is 15.1 Å². The lowest BCUT2D eigenvalue weighted by atomic mass is 10.1. The molecule has 2 atom stereocenters. The highest BCUT2D eigenvalue weighted by Gasteiger charge is 2.29. The van der Waals surface area contributed by atoms with Crippen LogP contribution in [0.25, 0.3) is 0 Å². The number of nitrogens with zero attached hydrogens (tertiary/aromatic N) is 3. The molecule has 1 saturated heterocycles. The molecule has 0 saturated carbocycles. The van der Waals surface area contributed by atoms with Gasteiger partial charge in [-0.05, 0) is 19.9 Å². The van der Waals surface area contributed by atoms with Gasteiger partial charge in [0.2, 0.25) is 5.91 Å². The van der Waals surface area contributed by atoms with Crippen LogP contribution in [0.4, 0.5) is 11.4 Å². The van der Waals surface area contributed by atoms with E-state index in [9.17, 15) is 14.9 Å². The summed E-state index contributed by atoms with van der Waals surface area (Å²) in [6.07, 6.45) is 0. The fraction of sp³-hybridized carbons (Fsp3) is 0.533. The number of amides is 1. The Morgan fingerprint density at radius 1 is 1.45 bits per heavy atom. The zero-order valence-corrected chi connectivity index (χ0v) is 13.2. The summed E-state index contributed by atoms with van der Waals surface area (Å²) in [4.78, 5) is 26.6. The van der Waals surface area contributed by atoms with Crippen LogP contribution >= 0.6 is 0 Å². The van der Waals surface area contributed by atoms with Gasteiger partial charge in [-0.1, -0.05) is 12.1 Å². The zero-order chi connectivity index (χ0) is 16.3. The van der Waals surface area contributed by atoms with E-state index in [1.54, 1.807) is 30.1 Å². The SMILES string of the molecule is CC1NCCN(C(=O)CN(C)c2ccccc2[N+](=O)[O-])C1C. The van der Waals surface area contributed by atoms with Crippen LogP contribution < -0.4 is 10.2 Å². The standard InChI is InChI=1S/C15H22N4O3/c1-11-12(2)18(9-8-16-11)15(20)10-17(3)13-6-4-5-7-14(13)19(21)22/h4-7,11-12,16H,8-10H2,1-3H3. The van der Waals surface area contributed by atoms with Gasteiger partial charge in [0.15, 0.2) is 0 Å². The number of nitro groups is 1. The van der Waals surface area contributed by atoms with Gasteiger partial charge in [-0.15, -0.1) is 0 Å². The molecule has 0 spiro atoms. The van der Waals surface area contributed by atoms with Gasteiger partial charge in [0.1, 0.15) is 5.69 Å². The van der Waals surface area contributed by atoms with Crippen molar-refractivity contribution in [3.05, 3.63) is 34.4 Å². The quantitative estimate of drug-likeness (QED) is 0.669. The molecule has 0 aliphatic carbocycles. The highest BCUT2D eigenvalue weighted by molar-refractivity contribution is 5.83. The number of hydrogen-bond acceptors (Lipinski definition) is 5. The van der Waals surface area contributed by atoms with Gasteiger partial charge >= 0.3 is 0 Å². The lowest BCUT2D eigenvalue weighted by Crippen LogP contribution is -2.58. The highest BCUT2D eigenvalue weighted by atomic mass is 16.6. The van der Waals surface area contributed by atoms with Crippen LogP contribution in [0, 0.1) is 10.1 Å². The molecule has 0 radical (unpaired) electrons. The first-order chi connectivity index (χ1) is 10.4. The molecule has 0 aromatic heterocycles. The molecule has 1 aromatic rings. The highest BCUT2D eigenvalue weighted by Crippen LogP contribution is 2.26. The number of nitrogens with one attached hydrogen (secondary N) is 1. The number of nitro benzene ring substituents is 1. The third-order valence-electron chi connectivity index (χ3n) is 4.22. The summed E-state index contributed by atoms with van der Waals surface area (Å²) < 4.78 is 0.